The topological polar surface area (TPSA) is 0 Å². The number of rotatable bonds is 5. The van der Waals surface area contributed by atoms with Crippen LogP contribution in [-0.4, -0.2) is 0 Å². The molecule has 78 valence electrons. The van der Waals surface area contributed by atoms with Gasteiger partial charge < -0.3 is 0 Å². The van der Waals surface area contributed by atoms with E-state index in [9.17, 15) is 0 Å². The van der Waals surface area contributed by atoms with Crippen molar-refractivity contribution in [2.75, 3.05) is 0 Å². The van der Waals surface area contributed by atoms with Crippen molar-refractivity contribution < 1.29 is 0 Å². The summed E-state index contributed by atoms with van der Waals surface area (Å²) in [6.07, 6.45) is 10.5. The fourth-order valence-electron chi connectivity index (χ4n) is 2.74. The minimum Gasteiger partial charge on any atom is -0.0628 e. The monoisotopic (exact) mass is 182 g/mol. The average molecular weight is 182 g/mol. The third kappa shape index (κ3) is 4.69. The first-order valence-electron chi connectivity index (χ1n) is 6.18. The van der Waals surface area contributed by atoms with Crippen molar-refractivity contribution in [3.8, 4) is 0 Å². The second-order valence-electron chi connectivity index (χ2n) is 5.46. The lowest BCUT2D eigenvalue weighted by Crippen LogP contribution is -2.03. The van der Waals surface area contributed by atoms with E-state index in [0.717, 1.165) is 17.8 Å². The molecule has 0 saturated heterocycles. The lowest BCUT2D eigenvalue weighted by molar-refractivity contribution is 0.365. The quantitative estimate of drug-likeness (QED) is 0.581. The summed E-state index contributed by atoms with van der Waals surface area (Å²) < 4.78 is 0. The molecular weight excluding hydrogens is 156 g/mol. The van der Waals surface area contributed by atoms with Crippen LogP contribution in [0.4, 0.5) is 0 Å². The molecule has 13 heavy (non-hydrogen) atoms. The summed E-state index contributed by atoms with van der Waals surface area (Å²) in [5, 5.41) is 0. The van der Waals surface area contributed by atoms with Crippen molar-refractivity contribution >= 4 is 0 Å². The van der Waals surface area contributed by atoms with Crippen LogP contribution in [0.1, 0.15) is 65.7 Å². The first-order chi connectivity index (χ1) is 6.18. The highest BCUT2D eigenvalue weighted by atomic mass is 14.2. The molecule has 0 N–H and O–H groups in total. The van der Waals surface area contributed by atoms with Crippen LogP contribution < -0.4 is 0 Å². The van der Waals surface area contributed by atoms with E-state index in [0.29, 0.717) is 0 Å². The second kappa shape index (κ2) is 5.67. The summed E-state index contributed by atoms with van der Waals surface area (Å²) in [6.45, 7) is 7.10. The molecule has 1 fully saturated rings. The van der Waals surface area contributed by atoms with Crippen molar-refractivity contribution in [2.24, 2.45) is 17.8 Å². The highest BCUT2D eigenvalue weighted by molar-refractivity contribution is 4.68. The molecule has 1 unspecified atom stereocenters. The SMILES string of the molecule is CC(C)CC(C)CCC1CCCC1. The van der Waals surface area contributed by atoms with Gasteiger partial charge in [-0.2, -0.15) is 0 Å². The van der Waals surface area contributed by atoms with E-state index in [4.69, 9.17) is 0 Å². The predicted octanol–water partition coefficient (Wildman–Crippen LogP) is 4.64. The molecule has 0 bridgehead atoms. The Kier molecular flexibility index (Phi) is 4.83. The Balaban J connectivity index is 2.03. The van der Waals surface area contributed by atoms with Gasteiger partial charge in [-0.1, -0.05) is 59.3 Å². The van der Waals surface area contributed by atoms with Gasteiger partial charge in [0.05, 0.1) is 0 Å². The lowest BCUT2D eigenvalue weighted by Gasteiger charge is -2.16. The van der Waals surface area contributed by atoms with E-state index >= 15 is 0 Å². The smallest absolute Gasteiger partial charge is 0.0414 e. The van der Waals surface area contributed by atoms with Crippen LogP contribution in [0.25, 0.3) is 0 Å². The van der Waals surface area contributed by atoms with Crippen LogP contribution in [0.3, 0.4) is 0 Å². The van der Waals surface area contributed by atoms with Gasteiger partial charge in [0.25, 0.3) is 0 Å². The fraction of sp³-hybridized carbons (Fsp3) is 1.00. The van der Waals surface area contributed by atoms with E-state index in [1.165, 1.54) is 44.9 Å². The Morgan fingerprint density at radius 1 is 1.08 bits per heavy atom. The Labute approximate surface area is 84.1 Å². The molecule has 0 aliphatic heterocycles. The van der Waals surface area contributed by atoms with Gasteiger partial charge in [-0.25, -0.2) is 0 Å². The standard InChI is InChI=1S/C13H26/c1-11(2)10-12(3)8-9-13-6-4-5-7-13/h11-13H,4-10H2,1-3H3. The van der Waals surface area contributed by atoms with Crippen molar-refractivity contribution in [1.82, 2.24) is 0 Å². The summed E-state index contributed by atoms with van der Waals surface area (Å²) in [7, 11) is 0. The minimum absolute atomic E-state index is 0.888. The van der Waals surface area contributed by atoms with E-state index in [2.05, 4.69) is 20.8 Å². The summed E-state index contributed by atoms with van der Waals surface area (Å²) in [5.74, 6) is 2.94. The maximum atomic E-state index is 2.43. The van der Waals surface area contributed by atoms with E-state index in [1.54, 1.807) is 0 Å². The molecule has 0 aromatic rings. The van der Waals surface area contributed by atoms with Gasteiger partial charge in [0, 0.05) is 0 Å². The zero-order valence-corrected chi connectivity index (χ0v) is 9.68. The van der Waals surface area contributed by atoms with E-state index in [1.807, 2.05) is 0 Å². The maximum absolute atomic E-state index is 2.43. The largest absolute Gasteiger partial charge is 0.0628 e. The summed E-state index contributed by atoms with van der Waals surface area (Å²) in [5.41, 5.74) is 0. The van der Waals surface area contributed by atoms with Crippen molar-refractivity contribution in [3.63, 3.8) is 0 Å². The van der Waals surface area contributed by atoms with Crippen LogP contribution in [0.15, 0.2) is 0 Å². The molecule has 1 aliphatic carbocycles. The number of hydrogen-bond donors (Lipinski definition) is 0. The van der Waals surface area contributed by atoms with Crippen LogP contribution in [0.5, 0.6) is 0 Å². The van der Waals surface area contributed by atoms with Gasteiger partial charge in [-0.3, -0.25) is 0 Å². The third-order valence-electron chi connectivity index (χ3n) is 3.42. The molecule has 0 aromatic carbocycles. The summed E-state index contributed by atoms with van der Waals surface area (Å²) in [6, 6.07) is 0. The normalized spacial score (nSPS) is 21.2. The van der Waals surface area contributed by atoms with Crippen molar-refractivity contribution in [1.29, 1.82) is 0 Å². The maximum Gasteiger partial charge on any atom is -0.0414 e. The average Bonchev–Trinajstić information content (AvgIpc) is 2.51. The fourth-order valence-corrected chi connectivity index (χ4v) is 2.74. The first kappa shape index (κ1) is 11.1. The van der Waals surface area contributed by atoms with Crippen LogP contribution in [0, 0.1) is 17.8 Å². The van der Waals surface area contributed by atoms with E-state index < -0.39 is 0 Å². The molecule has 1 atom stereocenters. The van der Waals surface area contributed by atoms with Gasteiger partial charge in [0.2, 0.25) is 0 Å². The molecule has 0 spiro atoms. The zero-order valence-electron chi connectivity index (χ0n) is 9.68. The van der Waals surface area contributed by atoms with Gasteiger partial charge in [-0.15, -0.1) is 0 Å². The molecule has 1 rings (SSSR count). The number of hydrogen-bond acceptors (Lipinski definition) is 0. The zero-order chi connectivity index (χ0) is 9.68. The Bertz CT molecular complexity index is 120. The molecule has 1 saturated carbocycles. The molecule has 0 heterocycles. The van der Waals surface area contributed by atoms with Crippen LogP contribution in [0.2, 0.25) is 0 Å². The minimum atomic E-state index is 0.888. The van der Waals surface area contributed by atoms with Gasteiger partial charge in [0.15, 0.2) is 0 Å². The molecular formula is C13H26. The third-order valence-corrected chi connectivity index (χ3v) is 3.42. The van der Waals surface area contributed by atoms with E-state index in [-0.39, 0.29) is 0 Å². The molecule has 0 radical (unpaired) electrons. The highest BCUT2D eigenvalue weighted by Gasteiger charge is 2.15. The van der Waals surface area contributed by atoms with Crippen molar-refractivity contribution in [2.45, 2.75) is 65.7 Å². The van der Waals surface area contributed by atoms with Gasteiger partial charge in [0.1, 0.15) is 0 Å². The second-order valence-corrected chi connectivity index (χ2v) is 5.46. The molecule has 0 amide bonds. The molecule has 0 heteroatoms. The van der Waals surface area contributed by atoms with Gasteiger partial charge in [-0.05, 0) is 24.2 Å². The summed E-state index contributed by atoms with van der Waals surface area (Å²) >= 11 is 0. The van der Waals surface area contributed by atoms with Gasteiger partial charge >= 0.3 is 0 Å². The first-order valence-corrected chi connectivity index (χ1v) is 6.18. The molecule has 1 aliphatic rings. The Morgan fingerprint density at radius 2 is 1.69 bits per heavy atom. The summed E-state index contributed by atoms with van der Waals surface area (Å²) in [4.78, 5) is 0. The highest BCUT2D eigenvalue weighted by Crippen LogP contribution is 2.30. The lowest BCUT2D eigenvalue weighted by atomic mass is 9.90. The van der Waals surface area contributed by atoms with Crippen LogP contribution >= 0.6 is 0 Å². The Hall–Kier alpha value is 0. The molecule has 0 aromatic heterocycles. The van der Waals surface area contributed by atoms with Crippen LogP contribution in [-0.2, 0) is 0 Å². The predicted molar refractivity (Wildman–Crippen MR) is 59.8 cm³/mol. The molecule has 0 nitrogen and oxygen atoms in total. The Morgan fingerprint density at radius 3 is 2.23 bits per heavy atom. The van der Waals surface area contributed by atoms with Crippen molar-refractivity contribution in [3.05, 3.63) is 0 Å².